The van der Waals surface area contributed by atoms with Gasteiger partial charge in [0.15, 0.2) is 0 Å². The second kappa shape index (κ2) is 6.73. The van der Waals surface area contributed by atoms with Gasteiger partial charge in [-0.25, -0.2) is 0 Å². The van der Waals surface area contributed by atoms with Gasteiger partial charge in [0, 0.05) is 12.6 Å². The molecule has 0 atom stereocenters. The summed E-state index contributed by atoms with van der Waals surface area (Å²) in [5.41, 5.74) is 4.74. The lowest BCUT2D eigenvalue weighted by molar-refractivity contribution is 0.154. The zero-order valence-electron chi connectivity index (χ0n) is 12.8. The van der Waals surface area contributed by atoms with E-state index in [9.17, 15) is 0 Å². The highest BCUT2D eigenvalue weighted by atomic mass is 15.2. The van der Waals surface area contributed by atoms with Gasteiger partial charge in [0.1, 0.15) is 0 Å². The third-order valence-corrected chi connectivity index (χ3v) is 4.88. The maximum absolute atomic E-state index is 3.48. The van der Waals surface area contributed by atoms with Crippen LogP contribution in [0.3, 0.4) is 0 Å². The van der Waals surface area contributed by atoms with E-state index in [2.05, 4.69) is 35.3 Å². The second-order valence-corrected chi connectivity index (χ2v) is 6.41. The zero-order valence-corrected chi connectivity index (χ0v) is 12.8. The molecule has 3 rings (SSSR count). The normalized spacial score (nSPS) is 19.5. The minimum absolute atomic E-state index is 0.782. The number of aryl methyl sites for hydroxylation is 2. The molecule has 2 nitrogen and oxygen atoms in total. The fourth-order valence-electron chi connectivity index (χ4n) is 3.81. The second-order valence-electron chi connectivity index (χ2n) is 6.41. The molecular formula is C18H28N2. The van der Waals surface area contributed by atoms with Gasteiger partial charge in [0.2, 0.25) is 0 Å². The van der Waals surface area contributed by atoms with Crippen LogP contribution in [0.15, 0.2) is 18.2 Å². The molecule has 0 saturated carbocycles. The Labute approximate surface area is 123 Å². The van der Waals surface area contributed by atoms with E-state index in [1.165, 1.54) is 63.7 Å². The van der Waals surface area contributed by atoms with Crippen LogP contribution in [0.2, 0.25) is 0 Å². The molecule has 1 aromatic carbocycles. The highest BCUT2D eigenvalue weighted by molar-refractivity contribution is 5.35. The van der Waals surface area contributed by atoms with Gasteiger partial charge in [-0.3, -0.25) is 4.90 Å². The summed E-state index contributed by atoms with van der Waals surface area (Å²) in [6, 6.07) is 8.01. The number of piperidine rings is 1. The molecule has 1 heterocycles. The van der Waals surface area contributed by atoms with Crippen LogP contribution in [-0.2, 0) is 19.4 Å². The summed E-state index contributed by atoms with van der Waals surface area (Å²) in [6.07, 6.45) is 7.82. The smallest absolute Gasteiger partial charge is 0.0236 e. The molecule has 2 heteroatoms. The molecule has 0 radical (unpaired) electrons. The third kappa shape index (κ3) is 3.24. The number of benzene rings is 1. The average molecular weight is 272 g/mol. The van der Waals surface area contributed by atoms with E-state index < -0.39 is 0 Å². The first-order valence-electron chi connectivity index (χ1n) is 8.42. The van der Waals surface area contributed by atoms with Crippen molar-refractivity contribution in [3.05, 3.63) is 34.9 Å². The Morgan fingerprint density at radius 3 is 2.75 bits per heavy atom. The fraction of sp³-hybridized carbons (Fsp3) is 0.667. The number of nitrogens with one attached hydrogen (secondary N) is 1. The largest absolute Gasteiger partial charge is 0.317 e. The van der Waals surface area contributed by atoms with Crippen molar-refractivity contribution in [1.82, 2.24) is 10.2 Å². The Hall–Kier alpha value is -0.860. The van der Waals surface area contributed by atoms with Crippen LogP contribution in [0.4, 0.5) is 0 Å². The van der Waals surface area contributed by atoms with Crippen molar-refractivity contribution in [2.45, 2.75) is 58.0 Å². The number of fused-ring (bicyclic) bond motifs is 1. The number of hydrogen-bond acceptors (Lipinski definition) is 2. The minimum atomic E-state index is 0.782. The Bertz CT molecular complexity index is 435. The topological polar surface area (TPSA) is 15.3 Å². The molecule has 1 fully saturated rings. The van der Waals surface area contributed by atoms with Crippen LogP contribution < -0.4 is 5.32 Å². The van der Waals surface area contributed by atoms with Crippen molar-refractivity contribution in [2.75, 3.05) is 19.6 Å². The van der Waals surface area contributed by atoms with Crippen LogP contribution >= 0.6 is 0 Å². The van der Waals surface area contributed by atoms with Gasteiger partial charge in [-0.2, -0.15) is 0 Å². The molecule has 0 aromatic heterocycles. The molecule has 1 aliphatic carbocycles. The lowest BCUT2D eigenvalue weighted by Gasteiger charge is -2.34. The van der Waals surface area contributed by atoms with Gasteiger partial charge in [-0.15, -0.1) is 0 Å². The molecule has 1 saturated heterocycles. The molecule has 2 aliphatic rings. The molecule has 0 amide bonds. The van der Waals surface area contributed by atoms with E-state index in [1.54, 1.807) is 11.1 Å². The van der Waals surface area contributed by atoms with E-state index in [-0.39, 0.29) is 0 Å². The van der Waals surface area contributed by atoms with Crippen LogP contribution in [0.5, 0.6) is 0 Å². The van der Waals surface area contributed by atoms with Crippen LogP contribution in [0.25, 0.3) is 0 Å². The summed E-state index contributed by atoms with van der Waals surface area (Å²) in [4.78, 5) is 2.72. The monoisotopic (exact) mass is 272 g/mol. The van der Waals surface area contributed by atoms with Crippen LogP contribution in [0.1, 0.15) is 49.3 Å². The van der Waals surface area contributed by atoms with Crippen molar-refractivity contribution in [3.8, 4) is 0 Å². The summed E-state index contributed by atoms with van der Waals surface area (Å²) in [5, 5.41) is 3.48. The highest BCUT2D eigenvalue weighted by Crippen LogP contribution is 2.24. The molecule has 1 N–H and O–H groups in total. The number of hydrogen-bond donors (Lipinski definition) is 1. The van der Waals surface area contributed by atoms with E-state index in [1.807, 2.05) is 0 Å². The van der Waals surface area contributed by atoms with Crippen molar-refractivity contribution in [3.63, 3.8) is 0 Å². The van der Waals surface area contributed by atoms with Crippen molar-refractivity contribution in [2.24, 2.45) is 0 Å². The third-order valence-electron chi connectivity index (χ3n) is 4.88. The number of nitrogens with zero attached hydrogens (tertiary/aromatic N) is 1. The maximum atomic E-state index is 3.48. The summed E-state index contributed by atoms with van der Waals surface area (Å²) in [5.74, 6) is 0. The first-order valence-corrected chi connectivity index (χ1v) is 8.42. The lowest BCUT2D eigenvalue weighted by atomic mass is 10.0. The first-order chi connectivity index (χ1) is 9.86. The Morgan fingerprint density at radius 1 is 1.15 bits per heavy atom. The van der Waals surface area contributed by atoms with Crippen LogP contribution in [0, 0.1) is 0 Å². The Kier molecular flexibility index (Phi) is 4.74. The van der Waals surface area contributed by atoms with Gasteiger partial charge in [-0.1, -0.05) is 25.1 Å². The molecule has 20 heavy (non-hydrogen) atoms. The lowest BCUT2D eigenvalue weighted by Crippen LogP contribution is -2.43. The average Bonchev–Trinajstić information content (AvgIpc) is 2.95. The molecule has 0 bridgehead atoms. The number of rotatable bonds is 5. The minimum Gasteiger partial charge on any atom is -0.317 e. The van der Waals surface area contributed by atoms with E-state index >= 15 is 0 Å². The molecular weight excluding hydrogens is 244 g/mol. The van der Waals surface area contributed by atoms with E-state index in [0.717, 1.165) is 12.6 Å². The quantitative estimate of drug-likeness (QED) is 0.886. The molecule has 0 spiro atoms. The molecule has 110 valence electrons. The van der Waals surface area contributed by atoms with Gasteiger partial charge in [0.25, 0.3) is 0 Å². The van der Waals surface area contributed by atoms with Crippen molar-refractivity contribution >= 4 is 0 Å². The van der Waals surface area contributed by atoms with Gasteiger partial charge in [-0.05, 0) is 74.8 Å². The highest BCUT2D eigenvalue weighted by Gasteiger charge is 2.21. The standard InChI is InChI=1S/C18H28N2/c1-2-12-20(18-8-10-19-11-9-18)14-15-6-7-16-4-3-5-17(16)13-15/h6-7,13,18-19H,2-5,8-12,14H2,1H3. The predicted molar refractivity (Wildman–Crippen MR) is 85.1 cm³/mol. The van der Waals surface area contributed by atoms with Crippen LogP contribution in [-0.4, -0.2) is 30.6 Å². The molecule has 1 aliphatic heterocycles. The molecule has 1 aromatic rings. The van der Waals surface area contributed by atoms with E-state index in [4.69, 9.17) is 0 Å². The van der Waals surface area contributed by atoms with Gasteiger partial charge in [0.05, 0.1) is 0 Å². The van der Waals surface area contributed by atoms with E-state index in [0.29, 0.717) is 0 Å². The summed E-state index contributed by atoms with van der Waals surface area (Å²) in [7, 11) is 0. The predicted octanol–water partition coefficient (Wildman–Crippen LogP) is 3.14. The Balaban J connectivity index is 1.68. The summed E-state index contributed by atoms with van der Waals surface area (Å²) >= 11 is 0. The maximum Gasteiger partial charge on any atom is 0.0236 e. The molecule has 0 unspecified atom stereocenters. The van der Waals surface area contributed by atoms with Gasteiger partial charge >= 0.3 is 0 Å². The fourth-order valence-corrected chi connectivity index (χ4v) is 3.81. The van der Waals surface area contributed by atoms with Crippen molar-refractivity contribution < 1.29 is 0 Å². The van der Waals surface area contributed by atoms with Crippen molar-refractivity contribution in [1.29, 1.82) is 0 Å². The summed E-state index contributed by atoms with van der Waals surface area (Å²) < 4.78 is 0. The SMILES string of the molecule is CCCN(Cc1ccc2c(c1)CCC2)C1CCNCC1. The summed E-state index contributed by atoms with van der Waals surface area (Å²) in [6.45, 7) is 7.06. The zero-order chi connectivity index (χ0) is 13.8. The first kappa shape index (κ1) is 14.1. The van der Waals surface area contributed by atoms with Gasteiger partial charge < -0.3 is 5.32 Å². The Morgan fingerprint density at radius 2 is 1.95 bits per heavy atom.